The molecule has 1 aromatic carbocycles. The van der Waals surface area contributed by atoms with Gasteiger partial charge in [0.15, 0.2) is 0 Å². The van der Waals surface area contributed by atoms with Crippen LogP contribution in [0.1, 0.15) is 27.3 Å². The predicted octanol–water partition coefficient (Wildman–Crippen LogP) is 1.99. The van der Waals surface area contributed by atoms with Crippen molar-refractivity contribution in [1.29, 1.82) is 0 Å². The van der Waals surface area contributed by atoms with Gasteiger partial charge in [0.1, 0.15) is 0 Å². The molecule has 0 saturated carbocycles. The molecule has 21 heavy (non-hydrogen) atoms. The van der Waals surface area contributed by atoms with E-state index < -0.39 is 5.97 Å². The number of nitrogens with one attached hydrogen (secondary N) is 2. The monoisotopic (exact) mass is 287 g/mol. The number of hydrogen-bond donors (Lipinski definition) is 2. The maximum absolute atomic E-state index is 12.1. The van der Waals surface area contributed by atoms with Crippen LogP contribution in [0.15, 0.2) is 24.3 Å². The normalized spacial score (nSPS) is 10.2. The Labute approximate surface area is 122 Å². The van der Waals surface area contributed by atoms with E-state index in [9.17, 15) is 9.59 Å². The largest absolute Gasteiger partial charge is 0.465 e. The summed E-state index contributed by atoms with van der Waals surface area (Å²) in [7, 11) is 1.30. The summed E-state index contributed by atoms with van der Waals surface area (Å²) >= 11 is 0. The molecule has 0 atom stereocenters. The Morgan fingerprint density at radius 1 is 1.29 bits per heavy atom. The smallest absolute Gasteiger partial charge is 0.339 e. The van der Waals surface area contributed by atoms with E-state index in [4.69, 9.17) is 4.74 Å². The number of methoxy groups -OCH3 is 1. The number of anilines is 1. The molecule has 0 spiro atoms. The number of benzene rings is 1. The van der Waals surface area contributed by atoms with Crippen molar-refractivity contribution < 1.29 is 14.3 Å². The van der Waals surface area contributed by atoms with Crippen molar-refractivity contribution >= 4 is 17.6 Å². The minimum atomic E-state index is -0.485. The van der Waals surface area contributed by atoms with Crippen LogP contribution in [-0.2, 0) is 16.0 Å². The molecule has 2 rings (SSSR count). The van der Waals surface area contributed by atoms with Gasteiger partial charge >= 0.3 is 5.97 Å². The summed E-state index contributed by atoms with van der Waals surface area (Å²) in [6.07, 6.45) is 0.198. The standard InChI is InChI=1S/C15H17N3O3/c1-9-12(10(2)18-17-9)8-14(19)16-13-7-5-4-6-11(13)15(20)21-3/h4-7H,8H2,1-3H3,(H,16,19)(H,17,18). The van der Waals surface area contributed by atoms with E-state index >= 15 is 0 Å². The van der Waals surface area contributed by atoms with E-state index in [-0.39, 0.29) is 12.3 Å². The molecule has 2 aromatic rings. The van der Waals surface area contributed by atoms with Crippen LogP contribution in [0.3, 0.4) is 0 Å². The molecule has 0 aliphatic carbocycles. The zero-order chi connectivity index (χ0) is 15.4. The number of rotatable bonds is 4. The van der Waals surface area contributed by atoms with Crippen LogP contribution >= 0.6 is 0 Å². The zero-order valence-electron chi connectivity index (χ0n) is 12.2. The average Bonchev–Trinajstić information content (AvgIpc) is 2.79. The zero-order valence-corrected chi connectivity index (χ0v) is 12.2. The van der Waals surface area contributed by atoms with Gasteiger partial charge in [-0.3, -0.25) is 9.89 Å². The van der Waals surface area contributed by atoms with Crippen LogP contribution in [0.5, 0.6) is 0 Å². The third-order valence-corrected chi connectivity index (χ3v) is 3.22. The summed E-state index contributed by atoms with van der Waals surface area (Å²) in [5.41, 5.74) is 3.29. The molecule has 1 heterocycles. The highest BCUT2D eigenvalue weighted by atomic mass is 16.5. The van der Waals surface area contributed by atoms with E-state index in [0.29, 0.717) is 11.3 Å². The summed E-state index contributed by atoms with van der Waals surface area (Å²) in [5, 5.41) is 9.63. The molecule has 0 radical (unpaired) electrons. The number of H-pyrrole nitrogens is 1. The second-order valence-electron chi connectivity index (χ2n) is 4.67. The lowest BCUT2D eigenvalue weighted by Crippen LogP contribution is -2.17. The lowest BCUT2D eigenvalue weighted by molar-refractivity contribution is -0.115. The fraction of sp³-hybridized carbons (Fsp3) is 0.267. The fourth-order valence-corrected chi connectivity index (χ4v) is 2.07. The Morgan fingerprint density at radius 2 is 2.00 bits per heavy atom. The summed E-state index contributed by atoms with van der Waals surface area (Å²) in [6.45, 7) is 3.71. The van der Waals surface area contributed by atoms with Crippen molar-refractivity contribution in [2.24, 2.45) is 0 Å². The Bertz CT molecular complexity index is 657. The van der Waals surface area contributed by atoms with Crippen LogP contribution in [0, 0.1) is 13.8 Å². The number of esters is 1. The second kappa shape index (κ2) is 6.21. The molecule has 0 aliphatic rings. The fourth-order valence-electron chi connectivity index (χ4n) is 2.07. The molecule has 0 fully saturated rings. The van der Waals surface area contributed by atoms with E-state index in [0.717, 1.165) is 17.0 Å². The number of nitrogens with zero attached hydrogens (tertiary/aromatic N) is 1. The number of aryl methyl sites for hydroxylation is 2. The van der Waals surface area contributed by atoms with Gasteiger partial charge in [0.2, 0.25) is 5.91 Å². The number of aromatic nitrogens is 2. The molecule has 0 aliphatic heterocycles. The van der Waals surface area contributed by atoms with Gasteiger partial charge in [-0.15, -0.1) is 0 Å². The Balaban J connectivity index is 2.15. The molecule has 110 valence electrons. The molecular formula is C15H17N3O3. The van der Waals surface area contributed by atoms with Gasteiger partial charge in [-0.25, -0.2) is 4.79 Å². The van der Waals surface area contributed by atoms with Gasteiger partial charge in [-0.1, -0.05) is 12.1 Å². The van der Waals surface area contributed by atoms with Gasteiger partial charge < -0.3 is 10.1 Å². The first-order valence-electron chi connectivity index (χ1n) is 6.50. The van der Waals surface area contributed by atoms with Crippen molar-refractivity contribution in [2.75, 3.05) is 12.4 Å². The van der Waals surface area contributed by atoms with E-state index in [1.54, 1.807) is 24.3 Å². The van der Waals surface area contributed by atoms with Gasteiger partial charge in [0, 0.05) is 11.3 Å². The average molecular weight is 287 g/mol. The maximum atomic E-state index is 12.1. The van der Waals surface area contributed by atoms with E-state index in [2.05, 4.69) is 15.5 Å². The number of amides is 1. The van der Waals surface area contributed by atoms with Crippen molar-refractivity contribution in [3.05, 3.63) is 46.8 Å². The molecular weight excluding hydrogens is 270 g/mol. The summed E-state index contributed by atoms with van der Waals surface area (Å²) < 4.78 is 4.70. The topological polar surface area (TPSA) is 84.1 Å². The van der Waals surface area contributed by atoms with E-state index in [1.165, 1.54) is 7.11 Å². The molecule has 1 amide bonds. The quantitative estimate of drug-likeness (QED) is 0.842. The van der Waals surface area contributed by atoms with Crippen LogP contribution in [0.4, 0.5) is 5.69 Å². The van der Waals surface area contributed by atoms with Crippen LogP contribution in [-0.4, -0.2) is 29.2 Å². The van der Waals surface area contributed by atoms with Crippen molar-refractivity contribution in [2.45, 2.75) is 20.3 Å². The highest BCUT2D eigenvalue weighted by Gasteiger charge is 2.15. The maximum Gasteiger partial charge on any atom is 0.339 e. The SMILES string of the molecule is COC(=O)c1ccccc1NC(=O)Cc1c(C)n[nH]c1C. The first-order chi connectivity index (χ1) is 10.0. The third kappa shape index (κ3) is 3.28. The van der Waals surface area contributed by atoms with Gasteiger partial charge in [-0.05, 0) is 26.0 Å². The van der Waals surface area contributed by atoms with Crippen LogP contribution in [0.25, 0.3) is 0 Å². The summed E-state index contributed by atoms with van der Waals surface area (Å²) in [4.78, 5) is 23.8. The lowest BCUT2D eigenvalue weighted by atomic mass is 10.1. The molecule has 6 nitrogen and oxygen atoms in total. The number of hydrogen-bond acceptors (Lipinski definition) is 4. The molecule has 1 aromatic heterocycles. The van der Waals surface area contributed by atoms with E-state index in [1.807, 2.05) is 13.8 Å². The number of carbonyl (C=O) groups is 2. The first kappa shape index (κ1) is 14.8. The van der Waals surface area contributed by atoms with Gasteiger partial charge in [0.05, 0.1) is 30.5 Å². The molecule has 0 bridgehead atoms. The van der Waals surface area contributed by atoms with Crippen molar-refractivity contribution in [3.63, 3.8) is 0 Å². The molecule has 0 unspecified atom stereocenters. The number of carbonyl (C=O) groups excluding carboxylic acids is 2. The third-order valence-electron chi connectivity index (χ3n) is 3.22. The minimum Gasteiger partial charge on any atom is -0.465 e. The van der Waals surface area contributed by atoms with Crippen molar-refractivity contribution in [3.8, 4) is 0 Å². The second-order valence-corrected chi connectivity index (χ2v) is 4.67. The summed E-state index contributed by atoms with van der Waals surface area (Å²) in [5.74, 6) is -0.694. The Kier molecular flexibility index (Phi) is 4.37. The van der Waals surface area contributed by atoms with Crippen LogP contribution in [0.2, 0.25) is 0 Å². The Hall–Kier alpha value is -2.63. The number of aromatic amines is 1. The summed E-state index contributed by atoms with van der Waals surface area (Å²) in [6, 6.07) is 6.73. The number of para-hydroxylation sites is 1. The van der Waals surface area contributed by atoms with Crippen molar-refractivity contribution in [1.82, 2.24) is 10.2 Å². The molecule has 6 heteroatoms. The highest BCUT2D eigenvalue weighted by molar-refractivity contribution is 6.01. The molecule has 2 N–H and O–H groups in total. The Morgan fingerprint density at radius 3 is 2.62 bits per heavy atom. The highest BCUT2D eigenvalue weighted by Crippen LogP contribution is 2.17. The predicted molar refractivity (Wildman–Crippen MR) is 78.2 cm³/mol. The molecule has 0 saturated heterocycles. The van der Waals surface area contributed by atoms with Gasteiger partial charge in [-0.2, -0.15) is 5.10 Å². The van der Waals surface area contributed by atoms with Gasteiger partial charge in [0.25, 0.3) is 0 Å². The lowest BCUT2D eigenvalue weighted by Gasteiger charge is -2.09. The number of ether oxygens (including phenoxy) is 1. The van der Waals surface area contributed by atoms with Crippen LogP contribution < -0.4 is 5.32 Å². The first-order valence-corrected chi connectivity index (χ1v) is 6.50. The minimum absolute atomic E-state index is 0.198.